The number of likely N-dealkylation sites (N-methyl/N-ethyl adjacent to an activating group) is 1. The number of primary amides is 1. The van der Waals surface area contributed by atoms with E-state index >= 15 is 0 Å². The minimum absolute atomic E-state index is 0.0458. The molecule has 0 spiro atoms. The van der Waals surface area contributed by atoms with Gasteiger partial charge in [0.2, 0.25) is 11.8 Å². The fourth-order valence-electron chi connectivity index (χ4n) is 2.55. The number of hydrogen-bond donors (Lipinski definition) is 3. The molecule has 0 aliphatic carbocycles. The lowest BCUT2D eigenvalue weighted by atomic mass is 10.2. The first-order valence-corrected chi connectivity index (χ1v) is 7.24. The molecule has 4 N–H and O–H groups in total. The smallest absolute Gasteiger partial charge is 0.248 e. The minimum Gasteiger partial charge on any atom is -0.366 e. The molecule has 1 atom stereocenters. The summed E-state index contributed by atoms with van der Waals surface area (Å²) >= 11 is 0. The Morgan fingerprint density at radius 2 is 2.10 bits per heavy atom. The van der Waals surface area contributed by atoms with Crippen LogP contribution in [0.3, 0.4) is 0 Å². The maximum atomic E-state index is 12.1. The molecular formula is C15H22N4O2. The lowest BCUT2D eigenvalue weighted by Crippen LogP contribution is -2.41. The van der Waals surface area contributed by atoms with Gasteiger partial charge >= 0.3 is 0 Å². The number of anilines is 1. The van der Waals surface area contributed by atoms with Crippen molar-refractivity contribution in [3.05, 3.63) is 29.8 Å². The van der Waals surface area contributed by atoms with E-state index in [0.29, 0.717) is 23.8 Å². The molecule has 0 aromatic heterocycles. The average molecular weight is 290 g/mol. The van der Waals surface area contributed by atoms with E-state index in [4.69, 9.17) is 5.73 Å². The highest BCUT2D eigenvalue weighted by molar-refractivity contribution is 5.95. The molecule has 1 fully saturated rings. The van der Waals surface area contributed by atoms with E-state index in [9.17, 15) is 9.59 Å². The van der Waals surface area contributed by atoms with E-state index in [1.54, 1.807) is 24.3 Å². The van der Waals surface area contributed by atoms with Gasteiger partial charge in [-0.15, -0.1) is 0 Å². The van der Waals surface area contributed by atoms with Crippen molar-refractivity contribution in [2.24, 2.45) is 5.73 Å². The van der Waals surface area contributed by atoms with Crippen molar-refractivity contribution in [1.29, 1.82) is 0 Å². The summed E-state index contributed by atoms with van der Waals surface area (Å²) in [6.45, 7) is 5.24. The van der Waals surface area contributed by atoms with Crippen LogP contribution in [0.25, 0.3) is 0 Å². The monoisotopic (exact) mass is 290 g/mol. The first-order chi connectivity index (χ1) is 10.1. The molecule has 0 bridgehead atoms. The molecule has 1 aliphatic rings. The fourth-order valence-corrected chi connectivity index (χ4v) is 2.55. The molecule has 1 saturated heterocycles. The van der Waals surface area contributed by atoms with Crippen molar-refractivity contribution in [2.75, 3.05) is 31.5 Å². The quantitative estimate of drug-likeness (QED) is 0.708. The Labute approximate surface area is 124 Å². The average Bonchev–Trinajstić information content (AvgIpc) is 2.99. The van der Waals surface area contributed by atoms with Crippen LogP contribution < -0.4 is 16.4 Å². The van der Waals surface area contributed by atoms with Crippen LogP contribution >= 0.6 is 0 Å². The largest absolute Gasteiger partial charge is 0.366 e. The van der Waals surface area contributed by atoms with Crippen LogP contribution in [0.15, 0.2) is 24.3 Å². The number of benzene rings is 1. The summed E-state index contributed by atoms with van der Waals surface area (Å²) in [6.07, 6.45) is 1.08. The predicted octanol–water partition coefficient (Wildman–Crippen LogP) is 0.408. The molecule has 1 aliphatic heterocycles. The van der Waals surface area contributed by atoms with E-state index in [0.717, 1.165) is 26.1 Å². The molecule has 1 aromatic carbocycles. The number of carbonyl (C=O) groups is 2. The molecule has 114 valence electrons. The molecule has 0 saturated carbocycles. The van der Waals surface area contributed by atoms with Gasteiger partial charge in [-0.1, -0.05) is 6.92 Å². The number of rotatable bonds is 6. The number of hydrogen-bond acceptors (Lipinski definition) is 4. The lowest BCUT2D eigenvalue weighted by Gasteiger charge is -2.26. The van der Waals surface area contributed by atoms with E-state index in [-0.39, 0.29) is 5.91 Å². The van der Waals surface area contributed by atoms with Gasteiger partial charge in [0.15, 0.2) is 0 Å². The zero-order valence-corrected chi connectivity index (χ0v) is 12.3. The van der Waals surface area contributed by atoms with E-state index in [2.05, 4.69) is 22.5 Å². The Morgan fingerprint density at radius 1 is 1.38 bits per heavy atom. The highest BCUT2D eigenvalue weighted by Crippen LogP contribution is 2.11. The summed E-state index contributed by atoms with van der Waals surface area (Å²) < 4.78 is 0. The van der Waals surface area contributed by atoms with Gasteiger partial charge in [0.1, 0.15) is 0 Å². The Bertz CT molecular complexity index is 495. The molecule has 2 rings (SSSR count). The number of amides is 2. The Hall–Kier alpha value is -1.92. The van der Waals surface area contributed by atoms with Crippen molar-refractivity contribution in [2.45, 2.75) is 19.4 Å². The van der Waals surface area contributed by atoms with E-state index in [1.807, 2.05) is 0 Å². The second-order valence-corrected chi connectivity index (χ2v) is 5.20. The van der Waals surface area contributed by atoms with Crippen LogP contribution in [0.5, 0.6) is 0 Å². The molecule has 6 heteroatoms. The van der Waals surface area contributed by atoms with Crippen LogP contribution in [0, 0.1) is 0 Å². The Balaban J connectivity index is 1.89. The Morgan fingerprint density at radius 3 is 2.62 bits per heavy atom. The van der Waals surface area contributed by atoms with Crippen LogP contribution in [0.1, 0.15) is 23.7 Å². The van der Waals surface area contributed by atoms with Crippen LogP contribution in [-0.2, 0) is 4.79 Å². The summed E-state index contributed by atoms with van der Waals surface area (Å²) in [4.78, 5) is 25.3. The van der Waals surface area contributed by atoms with Crippen molar-refractivity contribution >= 4 is 17.5 Å². The van der Waals surface area contributed by atoms with Gasteiger partial charge in [0.25, 0.3) is 0 Å². The second-order valence-electron chi connectivity index (χ2n) is 5.20. The van der Waals surface area contributed by atoms with Crippen molar-refractivity contribution < 1.29 is 9.59 Å². The van der Waals surface area contributed by atoms with E-state index in [1.165, 1.54) is 0 Å². The number of carbonyl (C=O) groups excluding carboxylic acids is 2. The van der Waals surface area contributed by atoms with Gasteiger partial charge in [0, 0.05) is 23.8 Å². The van der Waals surface area contributed by atoms with Crippen LogP contribution in [0.2, 0.25) is 0 Å². The number of nitrogens with zero attached hydrogens (tertiary/aromatic N) is 1. The van der Waals surface area contributed by atoms with Crippen molar-refractivity contribution in [1.82, 2.24) is 10.2 Å². The van der Waals surface area contributed by atoms with Gasteiger partial charge in [-0.2, -0.15) is 0 Å². The zero-order chi connectivity index (χ0) is 15.2. The normalized spacial score (nSPS) is 17.9. The lowest BCUT2D eigenvalue weighted by molar-refractivity contribution is -0.117. The molecule has 6 nitrogen and oxygen atoms in total. The minimum atomic E-state index is -0.473. The SMILES string of the molecule is CCN(CC(=O)Nc1ccc(C(N)=O)cc1)C1CCNC1. The van der Waals surface area contributed by atoms with Crippen LogP contribution in [0.4, 0.5) is 5.69 Å². The standard InChI is InChI=1S/C15H22N4O2/c1-2-19(13-7-8-17-9-13)10-14(20)18-12-5-3-11(4-6-12)15(16)21/h3-6,13,17H,2,7-10H2,1H3,(H2,16,21)(H,18,20). The first kappa shape index (κ1) is 15.5. The van der Waals surface area contributed by atoms with E-state index < -0.39 is 5.91 Å². The third kappa shape index (κ3) is 4.27. The van der Waals surface area contributed by atoms with Crippen molar-refractivity contribution in [3.8, 4) is 0 Å². The third-order valence-corrected chi connectivity index (χ3v) is 3.76. The molecule has 1 heterocycles. The van der Waals surface area contributed by atoms with Crippen molar-refractivity contribution in [3.63, 3.8) is 0 Å². The summed E-state index contributed by atoms with van der Waals surface area (Å²) in [5.74, 6) is -0.519. The fraction of sp³-hybridized carbons (Fsp3) is 0.467. The van der Waals surface area contributed by atoms with Crippen LogP contribution in [-0.4, -0.2) is 48.9 Å². The number of nitrogens with two attached hydrogens (primary N) is 1. The molecule has 1 aromatic rings. The molecule has 0 radical (unpaired) electrons. The Kier molecular flexibility index (Phi) is 5.30. The van der Waals surface area contributed by atoms with Gasteiger partial charge in [-0.25, -0.2) is 0 Å². The summed E-state index contributed by atoms with van der Waals surface area (Å²) in [5.41, 5.74) is 6.28. The first-order valence-electron chi connectivity index (χ1n) is 7.24. The molecule has 2 amide bonds. The predicted molar refractivity (Wildman–Crippen MR) is 82.1 cm³/mol. The second kappa shape index (κ2) is 7.19. The third-order valence-electron chi connectivity index (χ3n) is 3.76. The van der Waals surface area contributed by atoms with Gasteiger partial charge < -0.3 is 16.4 Å². The maximum absolute atomic E-state index is 12.1. The highest BCUT2D eigenvalue weighted by atomic mass is 16.2. The molecule has 21 heavy (non-hydrogen) atoms. The molecule has 1 unspecified atom stereocenters. The summed E-state index contributed by atoms with van der Waals surface area (Å²) in [5, 5.41) is 6.15. The van der Waals surface area contributed by atoms with Gasteiger partial charge in [0.05, 0.1) is 6.54 Å². The maximum Gasteiger partial charge on any atom is 0.248 e. The molecular weight excluding hydrogens is 268 g/mol. The summed E-state index contributed by atoms with van der Waals surface area (Å²) in [6, 6.07) is 7.02. The summed E-state index contributed by atoms with van der Waals surface area (Å²) in [7, 11) is 0. The van der Waals surface area contributed by atoms with Gasteiger partial charge in [-0.05, 0) is 43.8 Å². The highest BCUT2D eigenvalue weighted by Gasteiger charge is 2.22. The zero-order valence-electron chi connectivity index (χ0n) is 12.3. The van der Waals surface area contributed by atoms with Gasteiger partial charge in [-0.3, -0.25) is 14.5 Å². The number of nitrogens with one attached hydrogen (secondary N) is 2. The topological polar surface area (TPSA) is 87.5 Å².